The number of benzene rings is 1. The molecule has 5 heteroatoms. The number of hydrogen-bond donors (Lipinski definition) is 2. The molecule has 2 aromatic rings. The number of rotatable bonds is 3. The lowest BCUT2D eigenvalue weighted by atomic mass is 10.2. The second-order valence-electron chi connectivity index (χ2n) is 3.84. The van der Waals surface area contributed by atoms with Gasteiger partial charge in [-0.1, -0.05) is 0 Å². The molecule has 90 valence electrons. The van der Waals surface area contributed by atoms with Gasteiger partial charge in [0.05, 0.1) is 10.9 Å². The second-order valence-corrected chi connectivity index (χ2v) is 3.84. The van der Waals surface area contributed by atoms with Gasteiger partial charge in [-0.15, -0.1) is 0 Å². The van der Waals surface area contributed by atoms with Gasteiger partial charge in [0.25, 0.3) is 5.56 Å². The molecule has 5 nitrogen and oxygen atoms in total. The summed E-state index contributed by atoms with van der Waals surface area (Å²) in [5, 5.41) is 0.529. The molecule has 0 aliphatic rings. The van der Waals surface area contributed by atoms with Crippen LogP contribution in [0.15, 0.2) is 23.0 Å². The summed E-state index contributed by atoms with van der Waals surface area (Å²) in [6.07, 6.45) is 0. The third-order valence-corrected chi connectivity index (χ3v) is 2.78. The van der Waals surface area contributed by atoms with Crippen LogP contribution in [0.1, 0.15) is 13.8 Å². The standard InChI is InChI=1S/C12H16N4O/c1-3-16(4-2)12-14-10-6-5-8(13)7-9(10)11(17)15-12/h5-7H,3-4,13H2,1-2H3,(H,14,15,17). The first kappa shape index (κ1) is 11.4. The van der Waals surface area contributed by atoms with Gasteiger partial charge in [0.1, 0.15) is 0 Å². The highest BCUT2D eigenvalue weighted by atomic mass is 16.1. The Morgan fingerprint density at radius 1 is 1.35 bits per heavy atom. The fourth-order valence-electron chi connectivity index (χ4n) is 1.82. The van der Waals surface area contributed by atoms with Crippen LogP contribution < -0.4 is 16.2 Å². The molecule has 1 aromatic heterocycles. The van der Waals surface area contributed by atoms with Gasteiger partial charge in [-0.3, -0.25) is 9.78 Å². The Hall–Kier alpha value is -2.04. The van der Waals surface area contributed by atoms with Crippen molar-refractivity contribution in [2.45, 2.75) is 13.8 Å². The smallest absolute Gasteiger partial charge is 0.260 e. The van der Waals surface area contributed by atoms with Crippen molar-refractivity contribution in [1.82, 2.24) is 9.97 Å². The zero-order chi connectivity index (χ0) is 12.4. The Labute approximate surface area is 99.3 Å². The van der Waals surface area contributed by atoms with Crippen LogP contribution in [0.3, 0.4) is 0 Å². The lowest BCUT2D eigenvalue weighted by Gasteiger charge is -2.19. The molecule has 1 heterocycles. The van der Waals surface area contributed by atoms with E-state index >= 15 is 0 Å². The summed E-state index contributed by atoms with van der Waals surface area (Å²) in [4.78, 5) is 21.1. The molecule has 0 unspecified atom stereocenters. The Morgan fingerprint density at radius 3 is 2.71 bits per heavy atom. The maximum Gasteiger partial charge on any atom is 0.260 e. The molecule has 0 amide bonds. The SMILES string of the molecule is CCN(CC)c1nc2ccc(N)cc2c(=O)[nH]1. The largest absolute Gasteiger partial charge is 0.399 e. The zero-order valence-corrected chi connectivity index (χ0v) is 10.0. The first-order chi connectivity index (χ1) is 8.15. The molecular formula is C12H16N4O. The molecule has 1 aromatic carbocycles. The van der Waals surface area contributed by atoms with Gasteiger partial charge in [0.2, 0.25) is 5.95 Å². The van der Waals surface area contributed by atoms with Crippen LogP contribution >= 0.6 is 0 Å². The van der Waals surface area contributed by atoms with Gasteiger partial charge in [-0.2, -0.15) is 0 Å². The van der Waals surface area contributed by atoms with Gasteiger partial charge in [-0.25, -0.2) is 4.98 Å². The van der Waals surface area contributed by atoms with Crippen molar-refractivity contribution in [3.63, 3.8) is 0 Å². The number of anilines is 2. The number of H-pyrrole nitrogens is 1. The van der Waals surface area contributed by atoms with Crippen LogP contribution in [0.4, 0.5) is 11.6 Å². The van der Waals surface area contributed by atoms with Crippen molar-refractivity contribution >= 4 is 22.5 Å². The normalized spacial score (nSPS) is 10.7. The molecule has 0 atom stereocenters. The number of nitrogen functional groups attached to an aromatic ring is 1. The quantitative estimate of drug-likeness (QED) is 0.783. The van der Waals surface area contributed by atoms with Crippen LogP contribution in [0.2, 0.25) is 0 Å². The highest BCUT2D eigenvalue weighted by Crippen LogP contribution is 2.14. The van der Waals surface area contributed by atoms with Gasteiger partial charge in [0, 0.05) is 18.8 Å². The summed E-state index contributed by atoms with van der Waals surface area (Å²) >= 11 is 0. The fourth-order valence-corrected chi connectivity index (χ4v) is 1.82. The number of fused-ring (bicyclic) bond motifs is 1. The third kappa shape index (κ3) is 2.08. The molecule has 0 bridgehead atoms. The van der Waals surface area contributed by atoms with Crippen LogP contribution in [0, 0.1) is 0 Å². The van der Waals surface area contributed by atoms with Crippen molar-refractivity contribution in [2.75, 3.05) is 23.7 Å². The van der Waals surface area contributed by atoms with Crippen LogP contribution in [0.5, 0.6) is 0 Å². The van der Waals surface area contributed by atoms with Gasteiger partial charge >= 0.3 is 0 Å². The first-order valence-electron chi connectivity index (χ1n) is 5.70. The van der Waals surface area contributed by atoms with Crippen molar-refractivity contribution in [1.29, 1.82) is 0 Å². The number of nitrogens with two attached hydrogens (primary N) is 1. The molecule has 3 N–H and O–H groups in total. The van der Waals surface area contributed by atoms with E-state index in [4.69, 9.17) is 5.73 Å². The predicted octanol–water partition coefficient (Wildman–Crippen LogP) is 1.35. The highest BCUT2D eigenvalue weighted by Gasteiger charge is 2.08. The lowest BCUT2D eigenvalue weighted by molar-refractivity contribution is 0.822. The Morgan fingerprint density at radius 2 is 2.06 bits per heavy atom. The fraction of sp³-hybridized carbons (Fsp3) is 0.333. The summed E-state index contributed by atoms with van der Waals surface area (Å²) in [5.41, 5.74) is 6.74. The van der Waals surface area contributed by atoms with Crippen molar-refractivity contribution in [3.8, 4) is 0 Å². The van der Waals surface area contributed by atoms with Crippen LogP contribution in [-0.4, -0.2) is 23.1 Å². The van der Waals surface area contributed by atoms with E-state index in [1.54, 1.807) is 18.2 Å². The minimum Gasteiger partial charge on any atom is -0.399 e. The molecule has 0 saturated carbocycles. The maximum atomic E-state index is 11.9. The second kappa shape index (κ2) is 4.45. The summed E-state index contributed by atoms with van der Waals surface area (Å²) in [6.45, 7) is 5.66. The summed E-state index contributed by atoms with van der Waals surface area (Å²) < 4.78 is 0. The molecule has 0 aliphatic heterocycles. The molecule has 0 radical (unpaired) electrons. The lowest BCUT2D eigenvalue weighted by Crippen LogP contribution is -2.26. The predicted molar refractivity (Wildman–Crippen MR) is 70.3 cm³/mol. The number of nitrogens with one attached hydrogen (secondary N) is 1. The molecule has 0 saturated heterocycles. The molecule has 17 heavy (non-hydrogen) atoms. The van der Waals surface area contributed by atoms with E-state index in [-0.39, 0.29) is 5.56 Å². The van der Waals surface area contributed by atoms with E-state index < -0.39 is 0 Å². The van der Waals surface area contributed by atoms with E-state index in [1.165, 1.54) is 0 Å². The molecule has 0 fully saturated rings. The Balaban J connectivity index is 2.63. The molecule has 2 rings (SSSR count). The van der Waals surface area contributed by atoms with Crippen LogP contribution in [0.25, 0.3) is 10.9 Å². The Kier molecular flexibility index (Phi) is 2.99. The monoisotopic (exact) mass is 232 g/mol. The third-order valence-electron chi connectivity index (χ3n) is 2.78. The maximum absolute atomic E-state index is 11.9. The van der Waals surface area contributed by atoms with E-state index in [1.807, 2.05) is 18.7 Å². The minimum absolute atomic E-state index is 0.149. The first-order valence-corrected chi connectivity index (χ1v) is 5.70. The summed E-state index contributed by atoms with van der Waals surface area (Å²) in [6, 6.07) is 5.17. The van der Waals surface area contributed by atoms with Crippen molar-refractivity contribution in [2.24, 2.45) is 0 Å². The molecular weight excluding hydrogens is 216 g/mol. The van der Waals surface area contributed by atoms with Gasteiger partial charge < -0.3 is 10.6 Å². The average molecular weight is 232 g/mol. The van der Waals surface area contributed by atoms with Crippen molar-refractivity contribution in [3.05, 3.63) is 28.6 Å². The van der Waals surface area contributed by atoms with Gasteiger partial charge in [-0.05, 0) is 32.0 Å². The molecule has 0 aliphatic carbocycles. The van der Waals surface area contributed by atoms with E-state index in [0.29, 0.717) is 22.5 Å². The van der Waals surface area contributed by atoms with Gasteiger partial charge in [0.15, 0.2) is 0 Å². The summed E-state index contributed by atoms with van der Waals surface area (Å²) in [5.74, 6) is 0.609. The summed E-state index contributed by atoms with van der Waals surface area (Å²) in [7, 11) is 0. The highest BCUT2D eigenvalue weighted by molar-refractivity contribution is 5.81. The topological polar surface area (TPSA) is 75.0 Å². The number of aromatic nitrogens is 2. The number of hydrogen-bond acceptors (Lipinski definition) is 4. The molecule has 0 spiro atoms. The van der Waals surface area contributed by atoms with E-state index in [2.05, 4.69) is 9.97 Å². The average Bonchev–Trinajstić information content (AvgIpc) is 2.32. The van der Waals surface area contributed by atoms with Crippen molar-refractivity contribution < 1.29 is 0 Å². The Bertz CT molecular complexity index is 587. The van der Waals surface area contributed by atoms with E-state index in [9.17, 15) is 4.79 Å². The zero-order valence-electron chi connectivity index (χ0n) is 10.0. The van der Waals surface area contributed by atoms with E-state index in [0.717, 1.165) is 13.1 Å². The van der Waals surface area contributed by atoms with Crippen LogP contribution in [-0.2, 0) is 0 Å². The number of nitrogens with zero attached hydrogens (tertiary/aromatic N) is 2. The minimum atomic E-state index is -0.149. The number of aromatic amines is 1.